The average molecular weight is 403 g/mol. The molecule has 0 N–H and O–H groups in total. The van der Waals surface area contributed by atoms with Crippen LogP contribution < -0.4 is 9.47 Å². The summed E-state index contributed by atoms with van der Waals surface area (Å²) in [7, 11) is -4.20. The number of nitrogens with zero attached hydrogens (tertiary/aromatic N) is 3. The Hall–Kier alpha value is -2.40. The molecule has 1 saturated heterocycles. The summed E-state index contributed by atoms with van der Waals surface area (Å²) in [5.74, 6) is -0.510. The molecule has 11 heteroatoms. The van der Waals surface area contributed by atoms with Gasteiger partial charge in [-0.25, -0.2) is 8.42 Å². The summed E-state index contributed by atoms with van der Waals surface area (Å²) in [4.78, 5) is -0.539. The molecule has 1 unspecified atom stereocenters. The molecule has 1 aromatic heterocycles. The van der Waals surface area contributed by atoms with Crippen LogP contribution in [0, 0.1) is 0 Å². The predicted octanol–water partition coefficient (Wildman–Crippen LogP) is 2.61. The molecule has 7 nitrogen and oxygen atoms in total. The summed E-state index contributed by atoms with van der Waals surface area (Å²) in [5.41, 5.74) is 0. The second-order valence-electron chi connectivity index (χ2n) is 5.80. The largest absolute Gasteiger partial charge is 0.573 e. The van der Waals surface area contributed by atoms with Crippen molar-refractivity contribution in [1.82, 2.24) is 14.5 Å². The Morgan fingerprint density at radius 3 is 2.63 bits per heavy atom. The van der Waals surface area contributed by atoms with Crippen LogP contribution >= 0.6 is 0 Å². The number of para-hydroxylation sites is 1. The van der Waals surface area contributed by atoms with Crippen molar-refractivity contribution in [2.45, 2.75) is 30.2 Å². The molecule has 2 aromatic rings. The molecular formula is C16H16F3N3O4S. The first kappa shape index (κ1) is 19.4. The van der Waals surface area contributed by atoms with E-state index in [0.717, 1.165) is 16.4 Å². The third-order valence-electron chi connectivity index (χ3n) is 3.87. The number of sulfonamides is 1. The van der Waals surface area contributed by atoms with Crippen molar-refractivity contribution in [3.63, 3.8) is 0 Å². The molecule has 0 bridgehead atoms. The smallest absolute Gasteiger partial charge is 0.472 e. The summed E-state index contributed by atoms with van der Waals surface area (Å²) in [5, 5.41) is 7.47. The predicted molar refractivity (Wildman–Crippen MR) is 87.6 cm³/mol. The highest BCUT2D eigenvalue weighted by Gasteiger charge is 2.37. The molecule has 146 valence electrons. The number of ether oxygens (including phenoxy) is 2. The molecule has 0 saturated carbocycles. The quantitative estimate of drug-likeness (QED) is 0.763. The van der Waals surface area contributed by atoms with E-state index in [1.54, 1.807) is 12.1 Å². The molecule has 0 amide bonds. The first-order chi connectivity index (χ1) is 12.8. The van der Waals surface area contributed by atoms with Crippen LogP contribution in [0.4, 0.5) is 13.2 Å². The Kier molecular flexibility index (Phi) is 5.51. The van der Waals surface area contributed by atoms with Gasteiger partial charge in [-0.1, -0.05) is 12.1 Å². The van der Waals surface area contributed by atoms with Gasteiger partial charge in [0.15, 0.2) is 0 Å². The van der Waals surface area contributed by atoms with Crippen LogP contribution in [0.5, 0.6) is 11.6 Å². The molecule has 1 fully saturated rings. The van der Waals surface area contributed by atoms with Gasteiger partial charge in [0.05, 0.1) is 6.54 Å². The number of piperidine rings is 1. The molecular weight excluding hydrogens is 387 g/mol. The minimum atomic E-state index is -4.99. The van der Waals surface area contributed by atoms with E-state index in [0.29, 0.717) is 12.8 Å². The van der Waals surface area contributed by atoms with Crippen LogP contribution in [-0.4, -0.2) is 48.5 Å². The van der Waals surface area contributed by atoms with E-state index in [9.17, 15) is 21.6 Å². The first-order valence-electron chi connectivity index (χ1n) is 8.05. The molecule has 27 heavy (non-hydrogen) atoms. The molecule has 1 atom stereocenters. The van der Waals surface area contributed by atoms with Crippen molar-refractivity contribution in [3.8, 4) is 11.6 Å². The zero-order valence-electron chi connectivity index (χ0n) is 14.0. The van der Waals surface area contributed by atoms with Gasteiger partial charge in [-0.05, 0) is 31.0 Å². The van der Waals surface area contributed by atoms with Gasteiger partial charge in [0.2, 0.25) is 15.9 Å². The number of aromatic nitrogens is 2. The zero-order chi connectivity index (χ0) is 19.5. The van der Waals surface area contributed by atoms with Gasteiger partial charge in [0, 0.05) is 18.8 Å². The average Bonchev–Trinajstić information content (AvgIpc) is 2.62. The lowest BCUT2D eigenvalue weighted by atomic mass is 10.1. The molecule has 1 aromatic carbocycles. The SMILES string of the molecule is O=S(=O)(c1ccccc1OC(F)(F)F)N1CCCC(Oc2cccnn2)C1. The van der Waals surface area contributed by atoms with Gasteiger partial charge in [0.25, 0.3) is 0 Å². The van der Waals surface area contributed by atoms with Gasteiger partial charge < -0.3 is 9.47 Å². The van der Waals surface area contributed by atoms with Gasteiger partial charge in [0.1, 0.15) is 16.7 Å². The van der Waals surface area contributed by atoms with E-state index in [4.69, 9.17) is 4.74 Å². The molecule has 0 aliphatic carbocycles. The van der Waals surface area contributed by atoms with Crippen molar-refractivity contribution in [2.75, 3.05) is 13.1 Å². The van der Waals surface area contributed by atoms with Crippen molar-refractivity contribution in [2.24, 2.45) is 0 Å². The number of alkyl halides is 3. The number of hydrogen-bond donors (Lipinski definition) is 0. The van der Waals surface area contributed by atoms with Crippen molar-refractivity contribution < 1.29 is 31.1 Å². The van der Waals surface area contributed by atoms with Gasteiger partial charge >= 0.3 is 6.36 Å². The number of hydrogen-bond acceptors (Lipinski definition) is 6. The Bertz CT molecular complexity index is 878. The standard InChI is InChI=1S/C16H16F3N3O4S/c17-16(18,19)26-13-6-1-2-7-14(13)27(23,24)22-10-4-5-12(11-22)25-15-8-3-9-20-21-15/h1-3,6-9,12H,4-5,10-11H2. The van der Waals surface area contributed by atoms with E-state index in [-0.39, 0.29) is 19.0 Å². The Morgan fingerprint density at radius 2 is 1.93 bits per heavy atom. The van der Waals surface area contributed by atoms with Crippen molar-refractivity contribution in [1.29, 1.82) is 0 Å². The maximum absolute atomic E-state index is 12.9. The topological polar surface area (TPSA) is 81.6 Å². The highest BCUT2D eigenvalue weighted by atomic mass is 32.2. The highest BCUT2D eigenvalue weighted by Crippen LogP contribution is 2.32. The molecule has 1 aliphatic rings. The summed E-state index contributed by atoms with van der Waals surface area (Å²) in [6, 6.07) is 7.89. The third-order valence-corrected chi connectivity index (χ3v) is 5.77. The fraction of sp³-hybridized carbons (Fsp3) is 0.375. The van der Waals surface area contributed by atoms with E-state index in [2.05, 4.69) is 14.9 Å². The second-order valence-corrected chi connectivity index (χ2v) is 7.71. The fourth-order valence-electron chi connectivity index (χ4n) is 2.75. The Morgan fingerprint density at radius 1 is 1.15 bits per heavy atom. The Labute approximate surface area is 153 Å². The van der Waals surface area contributed by atoms with Crippen LogP contribution in [0.2, 0.25) is 0 Å². The molecule has 3 rings (SSSR count). The number of halogens is 3. The summed E-state index contributed by atoms with van der Waals surface area (Å²) in [6.07, 6.45) is -2.93. The maximum Gasteiger partial charge on any atom is 0.573 e. The lowest BCUT2D eigenvalue weighted by Gasteiger charge is -2.32. The summed E-state index contributed by atoms with van der Waals surface area (Å²) >= 11 is 0. The minimum Gasteiger partial charge on any atom is -0.472 e. The van der Waals surface area contributed by atoms with Crippen LogP contribution in [0.25, 0.3) is 0 Å². The molecule has 0 radical (unpaired) electrons. The monoisotopic (exact) mass is 403 g/mol. The third kappa shape index (κ3) is 4.86. The van der Waals surface area contributed by atoms with Crippen LogP contribution in [0.15, 0.2) is 47.5 Å². The van der Waals surface area contributed by atoms with Crippen LogP contribution in [0.1, 0.15) is 12.8 Å². The summed E-state index contributed by atoms with van der Waals surface area (Å²) in [6.45, 7) is 0.155. The van der Waals surface area contributed by atoms with E-state index in [1.807, 2.05) is 0 Å². The summed E-state index contributed by atoms with van der Waals surface area (Å²) < 4.78 is 74.2. The van der Waals surface area contributed by atoms with E-state index in [1.165, 1.54) is 18.3 Å². The van der Waals surface area contributed by atoms with E-state index < -0.39 is 33.1 Å². The van der Waals surface area contributed by atoms with E-state index >= 15 is 0 Å². The van der Waals surface area contributed by atoms with Crippen molar-refractivity contribution in [3.05, 3.63) is 42.6 Å². The molecule has 1 aliphatic heterocycles. The highest BCUT2D eigenvalue weighted by molar-refractivity contribution is 7.89. The van der Waals surface area contributed by atoms with Gasteiger partial charge in [-0.2, -0.15) is 9.40 Å². The second kappa shape index (κ2) is 7.69. The van der Waals surface area contributed by atoms with Crippen LogP contribution in [0.3, 0.4) is 0 Å². The lowest BCUT2D eigenvalue weighted by Crippen LogP contribution is -2.44. The Balaban J connectivity index is 1.80. The van der Waals surface area contributed by atoms with Gasteiger partial charge in [-0.3, -0.25) is 0 Å². The number of rotatable bonds is 5. The zero-order valence-corrected chi connectivity index (χ0v) is 14.8. The van der Waals surface area contributed by atoms with Gasteiger partial charge in [-0.15, -0.1) is 18.3 Å². The van der Waals surface area contributed by atoms with Crippen LogP contribution in [-0.2, 0) is 10.0 Å². The molecule has 0 spiro atoms. The minimum absolute atomic E-state index is 0.0146. The fourth-order valence-corrected chi connectivity index (χ4v) is 4.38. The first-order valence-corrected chi connectivity index (χ1v) is 9.49. The number of benzene rings is 1. The lowest BCUT2D eigenvalue weighted by molar-refractivity contribution is -0.275. The molecule has 2 heterocycles. The maximum atomic E-state index is 12.9. The normalized spacial score (nSPS) is 18.9. The van der Waals surface area contributed by atoms with Crippen molar-refractivity contribution >= 4 is 10.0 Å².